The van der Waals surface area contributed by atoms with Crippen molar-refractivity contribution < 1.29 is 14.3 Å². The van der Waals surface area contributed by atoms with Gasteiger partial charge in [-0.15, -0.1) is 0 Å². The van der Waals surface area contributed by atoms with Crippen LogP contribution in [0.25, 0.3) is 0 Å². The van der Waals surface area contributed by atoms with Crippen LogP contribution in [0.4, 0.5) is 0 Å². The van der Waals surface area contributed by atoms with Crippen molar-refractivity contribution in [2.24, 2.45) is 0 Å². The van der Waals surface area contributed by atoms with Gasteiger partial charge in [-0.05, 0) is 63.9 Å². The van der Waals surface area contributed by atoms with Crippen molar-refractivity contribution in [3.05, 3.63) is 29.8 Å². The summed E-state index contributed by atoms with van der Waals surface area (Å²) in [6.07, 6.45) is 3.66. The molecule has 0 N–H and O–H groups in total. The van der Waals surface area contributed by atoms with Gasteiger partial charge in [-0.3, -0.25) is 0 Å². The Bertz CT molecular complexity index is 444. The van der Waals surface area contributed by atoms with Gasteiger partial charge in [0.1, 0.15) is 5.75 Å². The monoisotopic (exact) mass is 291 g/mol. The molecule has 1 unspecified atom stereocenters. The van der Waals surface area contributed by atoms with E-state index in [-0.39, 0.29) is 5.97 Å². The van der Waals surface area contributed by atoms with Crippen LogP contribution in [0.5, 0.6) is 5.75 Å². The normalized spacial score (nSPS) is 18.7. The van der Waals surface area contributed by atoms with Crippen LogP contribution in [-0.4, -0.2) is 43.2 Å². The number of nitrogens with zero attached hydrogens (tertiary/aromatic N) is 1. The Hall–Kier alpha value is -1.55. The molecule has 0 amide bonds. The molecule has 0 aliphatic carbocycles. The largest absolute Gasteiger partial charge is 0.494 e. The Labute approximate surface area is 127 Å². The van der Waals surface area contributed by atoms with Gasteiger partial charge in [-0.2, -0.15) is 0 Å². The second kappa shape index (κ2) is 8.03. The number of carbonyl (C=O) groups excluding carboxylic acids is 1. The van der Waals surface area contributed by atoms with Crippen molar-refractivity contribution >= 4 is 5.97 Å². The van der Waals surface area contributed by atoms with Gasteiger partial charge in [0.25, 0.3) is 0 Å². The van der Waals surface area contributed by atoms with Crippen LogP contribution >= 0.6 is 0 Å². The molecule has 1 aromatic rings. The fourth-order valence-electron chi connectivity index (χ4n) is 2.68. The number of ether oxygens (including phenoxy) is 2. The molecule has 0 aromatic heterocycles. The molecule has 0 radical (unpaired) electrons. The van der Waals surface area contributed by atoms with E-state index in [1.165, 1.54) is 19.4 Å². The first kappa shape index (κ1) is 15.8. The topological polar surface area (TPSA) is 38.8 Å². The van der Waals surface area contributed by atoms with E-state index in [0.29, 0.717) is 24.8 Å². The third-order valence-electron chi connectivity index (χ3n) is 3.91. The van der Waals surface area contributed by atoms with Crippen LogP contribution in [0.1, 0.15) is 43.5 Å². The van der Waals surface area contributed by atoms with E-state index in [1.54, 1.807) is 19.1 Å². The number of hydrogen-bond acceptors (Lipinski definition) is 4. The average Bonchev–Trinajstić information content (AvgIpc) is 2.90. The molecule has 1 aliphatic rings. The fraction of sp³-hybridized carbons (Fsp3) is 0.588. The summed E-state index contributed by atoms with van der Waals surface area (Å²) in [5, 5.41) is 0. The summed E-state index contributed by atoms with van der Waals surface area (Å²) in [6.45, 7) is 7.52. The van der Waals surface area contributed by atoms with E-state index in [1.807, 2.05) is 12.1 Å². The highest BCUT2D eigenvalue weighted by Gasteiger charge is 2.19. The molecule has 1 aliphatic heterocycles. The van der Waals surface area contributed by atoms with Gasteiger partial charge < -0.3 is 14.4 Å². The molecule has 1 atom stereocenters. The van der Waals surface area contributed by atoms with Crippen LogP contribution < -0.4 is 4.74 Å². The Morgan fingerprint density at radius 1 is 1.33 bits per heavy atom. The van der Waals surface area contributed by atoms with Gasteiger partial charge in [0.2, 0.25) is 0 Å². The van der Waals surface area contributed by atoms with Crippen molar-refractivity contribution in [2.45, 2.75) is 39.2 Å². The van der Waals surface area contributed by atoms with Crippen molar-refractivity contribution in [3.63, 3.8) is 0 Å². The first-order valence-electron chi connectivity index (χ1n) is 7.84. The lowest BCUT2D eigenvalue weighted by atomic mass is 10.2. The Morgan fingerprint density at radius 2 is 2.10 bits per heavy atom. The molecule has 1 heterocycles. The standard InChI is InChI=1S/C17H25NO3/c1-3-20-17(19)15-7-9-16(10-8-15)21-13-5-12-18-11-4-6-14(18)2/h7-10,14H,3-6,11-13H2,1-2H3. The predicted octanol–water partition coefficient (Wildman–Crippen LogP) is 3.12. The van der Waals surface area contributed by atoms with E-state index in [9.17, 15) is 4.79 Å². The van der Waals surface area contributed by atoms with Gasteiger partial charge in [0.05, 0.1) is 18.8 Å². The third kappa shape index (κ3) is 4.74. The number of carbonyl (C=O) groups is 1. The second-order valence-corrected chi connectivity index (χ2v) is 5.47. The van der Waals surface area contributed by atoms with Crippen molar-refractivity contribution in [1.29, 1.82) is 0 Å². The summed E-state index contributed by atoms with van der Waals surface area (Å²) < 4.78 is 10.7. The first-order chi connectivity index (χ1) is 10.2. The molecule has 2 rings (SSSR count). The van der Waals surface area contributed by atoms with Crippen LogP contribution in [0, 0.1) is 0 Å². The van der Waals surface area contributed by atoms with Crippen LogP contribution in [0.3, 0.4) is 0 Å². The zero-order valence-electron chi connectivity index (χ0n) is 13.0. The lowest BCUT2D eigenvalue weighted by Gasteiger charge is -2.20. The van der Waals surface area contributed by atoms with Crippen molar-refractivity contribution in [1.82, 2.24) is 4.90 Å². The molecule has 1 saturated heterocycles. The lowest BCUT2D eigenvalue weighted by molar-refractivity contribution is 0.0526. The maximum atomic E-state index is 11.5. The average molecular weight is 291 g/mol. The summed E-state index contributed by atoms with van der Waals surface area (Å²) in [5.41, 5.74) is 0.565. The molecule has 4 nitrogen and oxygen atoms in total. The molecule has 0 spiro atoms. The minimum atomic E-state index is -0.285. The molecule has 4 heteroatoms. The Morgan fingerprint density at radius 3 is 2.71 bits per heavy atom. The maximum absolute atomic E-state index is 11.5. The molecular weight excluding hydrogens is 266 g/mol. The molecule has 0 saturated carbocycles. The zero-order chi connectivity index (χ0) is 15.1. The second-order valence-electron chi connectivity index (χ2n) is 5.47. The number of rotatable bonds is 7. The van der Waals surface area contributed by atoms with Gasteiger partial charge in [-0.25, -0.2) is 4.79 Å². The van der Waals surface area contributed by atoms with E-state index in [2.05, 4.69) is 11.8 Å². The summed E-state index contributed by atoms with van der Waals surface area (Å²) in [7, 11) is 0. The number of esters is 1. The Kier molecular flexibility index (Phi) is 6.05. The first-order valence-corrected chi connectivity index (χ1v) is 7.84. The highest BCUT2D eigenvalue weighted by Crippen LogP contribution is 2.17. The SMILES string of the molecule is CCOC(=O)c1ccc(OCCCN2CCCC2C)cc1. The van der Waals surface area contributed by atoms with Gasteiger partial charge in [0.15, 0.2) is 0 Å². The predicted molar refractivity (Wildman–Crippen MR) is 82.8 cm³/mol. The fourth-order valence-corrected chi connectivity index (χ4v) is 2.68. The van der Waals surface area contributed by atoms with E-state index >= 15 is 0 Å². The van der Waals surface area contributed by atoms with Crippen molar-refractivity contribution in [3.8, 4) is 5.75 Å². The lowest BCUT2D eigenvalue weighted by Crippen LogP contribution is -2.28. The third-order valence-corrected chi connectivity index (χ3v) is 3.91. The van der Waals surface area contributed by atoms with Crippen molar-refractivity contribution in [2.75, 3.05) is 26.3 Å². The van der Waals surface area contributed by atoms with E-state index < -0.39 is 0 Å². The molecule has 21 heavy (non-hydrogen) atoms. The van der Waals surface area contributed by atoms with E-state index in [4.69, 9.17) is 9.47 Å². The molecular formula is C17H25NO3. The molecule has 116 valence electrons. The highest BCUT2D eigenvalue weighted by atomic mass is 16.5. The molecule has 1 fully saturated rings. The van der Waals surface area contributed by atoms with Gasteiger partial charge in [-0.1, -0.05) is 0 Å². The number of benzene rings is 1. The summed E-state index contributed by atoms with van der Waals surface area (Å²) >= 11 is 0. The highest BCUT2D eigenvalue weighted by molar-refractivity contribution is 5.89. The van der Waals surface area contributed by atoms with Gasteiger partial charge >= 0.3 is 5.97 Å². The summed E-state index contributed by atoms with van der Waals surface area (Å²) in [6, 6.07) is 7.86. The quantitative estimate of drug-likeness (QED) is 0.571. The minimum absolute atomic E-state index is 0.285. The van der Waals surface area contributed by atoms with Crippen LogP contribution in [0.15, 0.2) is 24.3 Å². The zero-order valence-corrected chi connectivity index (χ0v) is 13.0. The smallest absolute Gasteiger partial charge is 0.338 e. The summed E-state index contributed by atoms with van der Waals surface area (Å²) in [4.78, 5) is 14.0. The summed E-state index contributed by atoms with van der Waals surface area (Å²) in [5.74, 6) is 0.518. The van der Waals surface area contributed by atoms with Gasteiger partial charge in [0, 0.05) is 12.6 Å². The molecule has 0 bridgehead atoms. The van der Waals surface area contributed by atoms with Crippen LogP contribution in [0.2, 0.25) is 0 Å². The number of hydrogen-bond donors (Lipinski definition) is 0. The van der Waals surface area contributed by atoms with Crippen LogP contribution in [-0.2, 0) is 4.74 Å². The Balaban J connectivity index is 1.70. The minimum Gasteiger partial charge on any atom is -0.494 e. The maximum Gasteiger partial charge on any atom is 0.338 e. The number of likely N-dealkylation sites (tertiary alicyclic amines) is 1. The van der Waals surface area contributed by atoms with E-state index in [0.717, 1.165) is 18.7 Å². The molecule has 1 aromatic carbocycles.